The number of hydrogen-bond donors (Lipinski definition) is 0. The second-order valence-corrected chi connectivity index (χ2v) is 5.82. The van der Waals surface area contributed by atoms with Crippen LogP contribution in [0.2, 0.25) is 0 Å². The molecule has 0 aliphatic carbocycles. The molecule has 1 unspecified atom stereocenters. The molecule has 146 valence electrons. The molecule has 3 amide bonds. The number of carbonyl (C=O) groups excluding carboxylic acids is 4. The van der Waals surface area contributed by atoms with Crippen LogP contribution < -0.4 is 0 Å². The van der Waals surface area contributed by atoms with Crippen LogP contribution in [0.1, 0.15) is 34.6 Å². The van der Waals surface area contributed by atoms with Crippen molar-refractivity contribution in [2.45, 2.75) is 26.1 Å². The number of halogens is 3. The molecule has 1 aromatic rings. The number of amides is 3. The molecule has 0 bridgehead atoms. The molecule has 0 fully saturated rings. The molecule has 7 nitrogen and oxygen atoms in total. The van der Waals surface area contributed by atoms with Gasteiger partial charge in [-0.2, -0.15) is 13.2 Å². The van der Waals surface area contributed by atoms with Crippen LogP contribution in [0.5, 0.6) is 0 Å². The fourth-order valence-electron chi connectivity index (χ4n) is 2.72. The topological polar surface area (TPSA) is 84.0 Å². The number of fused-ring (bicyclic) bond motifs is 1. The highest BCUT2D eigenvalue weighted by Crippen LogP contribution is 2.26. The third-order valence-corrected chi connectivity index (χ3v) is 3.88. The van der Waals surface area contributed by atoms with E-state index in [9.17, 15) is 32.3 Å². The molecule has 1 aliphatic heterocycles. The van der Waals surface area contributed by atoms with Crippen molar-refractivity contribution in [1.29, 1.82) is 0 Å². The highest BCUT2D eigenvalue weighted by atomic mass is 19.4. The molecule has 0 saturated carbocycles. The summed E-state index contributed by atoms with van der Waals surface area (Å²) in [6.07, 6.45) is -4.77. The molecule has 1 heterocycles. The van der Waals surface area contributed by atoms with Gasteiger partial charge in [-0.05, 0) is 26.0 Å². The predicted octanol–water partition coefficient (Wildman–Crippen LogP) is 1.63. The number of rotatable bonds is 6. The maximum atomic E-state index is 12.8. The van der Waals surface area contributed by atoms with Gasteiger partial charge in [0, 0.05) is 0 Å². The normalized spacial score (nSPS) is 14.8. The minimum Gasteiger partial charge on any atom is -0.465 e. The molecule has 10 heteroatoms. The van der Waals surface area contributed by atoms with Crippen LogP contribution in [0.25, 0.3) is 0 Å². The first-order valence-corrected chi connectivity index (χ1v) is 8.05. The number of benzene rings is 1. The Morgan fingerprint density at radius 2 is 1.67 bits per heavy atom. The summed E-state index contributed by atoms with van der Waals surface area (Å²) in [5, 5.41) is 0. The van der Waals surface area contributed by atoms with Crippen LogP contribution in [0, 0.1) is 0 Å². The minimum atomic E-state index is -4.77. The SMILES string of the molecule is CCOC(=O)CN(CC(F)(F)F)C(=O)C(C)N1C(=O)c2ccccc2C1=O. The summed E-state index contributed by atoms with van der Waals surface area (Å²) in [5.41, 5.74) is 0.129. The molecule has 0 spiro atoms. The monoisotopic (exact) mass is 386 g/mol. The molecule has 1 aliphatic rings. The van der Waals surface area contributed by atoms with Crippen LogP contribution >= 0.6 is 0 Å². The number of imide groups is 1. The van der Waals surface area contributed by atoms with E-state index in [0.717, 1.165) is 6.92 Å². The van der Waals surface area contributed by atoms with Crippen molar-refractivity contribution in [1.82, 2.24) is 9.80 Å². The molecule has 1 aromatic carbocycles. The molecule has 1 atom stereocenters. The average Bonchev–Trinajstić information content (AvgIpc) is 2.83. The number of esters is 1. The van der Waals surface area contributed by atoms with Crippen molar-refractivity contribution in [2.75, 3.05) is 19.7 Å². The first-order chi connectivity index (χ1) is 12.6. The Balaban J connectivity index is 2.25. The van der Waals surface area contributed by atoms with Gasteiger partial charge in [0.1, 0.15) is 19.1 Å². The molecule has 27 heavy (non-hydrogen) atoms. The van der Waals surface area contributed by atoms with Gasteiger partial charge in [0.2, 0.25) is 5.91 Å². The molecule has 0 radical (unpaired) electrons. The summed E-state index contributed by atoms with van der Waals surface area (Å²) < 4.78 is 43.0. The first-order valence-electron chi connectivity index (χ1n) is 8.05. The quantitative estimate of drug-likeness (QED) is 0.548. The lowest BCUT2D eigenvalue weighted by atomic mass is 10.1. The number of nitrogens with zero attached hydrogens (tertiary/aromatic N) is 2. The summed E-state index contributed by atoms with van der Waals surface area (Å²) in [5.74, 6) is -3.77. The molecule has 0 aromatic heterocycles. The van der Waals surface area contributed by atoms with Gasteiger partial charge < -0.3 is 9.64 Å². The first kappa shape index (κ1) is 20.4. The van der Waals surface area contributed by atoms with Gasteiger partial charge in [0.05, 0.1) is 17.7 Å². The third-order valence-electron chi connectivity index (χ3n) is 3.88. The summed E-state index contributed by atoms with van der Waals surface area (Å²) in [6.45, 7) is -0.119. The highest BCUT2D eigenvalue weighted by Gasteiger charge is 2.43. The van der Waals surface area contributed by atoms with E-state index in [-0.39, 0.29) is 22.6 Å². The van der Waals surface area contributed by atoms with Crippen LogP contribution in [0.3, 0.4) is 0 Å². The Morgan fingerprint density at radius 3 is 2.11 bits per heavy atom. The average molecular weight is 386 g/mol. The van der Waals surface area contributed by atoms with Gasteiger partial charge in [-0.15, -0.1) is 0 Å². The van der Waals surface area contributed by atoms with Crippen molar-refractivity contribution < 1.29 is 37.1 Å². The maximum absolute atomic E-state index is 12.8. The van der Waals surface area contributed by atoms with Crippen molar-refractivity contribution in [3.05, 3.63) is 35.4 Å². The van der Waals surface area contributed by atoms with E-state index in [1.54, 1.807) is 0 Å². The van der Waals surface area contributed by atoms with Gasteiger partial charge in [-0.25, -0.2) is 0 Å². The van der Waals surface area contributed by atoms with Gasteiger partial charge in [-0.1, -0.05) is 12.1 Å². The van der Waals surface area contributed by atoms with Gasteiger partial charge in [0.15, 0.2) is 0 Å². The van der Waals surface area contributed by atoms with Crippen molar-refractivity contribution in [3.8, 4) is 0 Å². The Morgan fingerprint density at radius 1 is 1.15 bits per heavy atom. The second kappa shape index (κ2) is 7.77. The highest BCUT2D eigenvalue weighted by molar-refractivity contribution is 6.22. The summed E-state index contributed by atoms with van der Waals surface area (Å²) in [4.78, 5) is 49.8. The molecule has 2 rings (SSSR count). The fraction of sp³-hybridized carbons (Fsp3) is 0.412. The van der Waals surface area contributed by atoms with E-state index < -0.39 is 49.0 Å². The number of ether oxygens (including phenoxy) is 1. The zero-order valence-corrected chi connectivity index (χ0v) is 14.6. The van der Waals surface area contributed by atoms with E-state index in [2.05, 4.69) is 4.74 Å². The number of carbonyl (C=O) groups is 4. The van der Waals surface area contributed by atoms with E-state index in [4.69, 9.17) is 0 Å². The zero-order valence-electron chi connectivity index (χ0n) is 14.6. The van der Waals surface area contributed by atoms with E-state index >= 15 is 0 Å². The smallest absolute Gasteiger partial charge is 0.406 e. The Bertz CT molecular complexity index is 743. The molecular formula is C17H17F3N2O5. The lowest BCUT2D eigenvalue weighted by Crippen LogP contribution is -2.52. The Kier molecular flexibility index (Phi) is 5.87. The standard InChI is InChI=1S/C17H17F3N2O5/c1-3-27-13(23)8-21(9-17(18,19)20)14(24)10(2)22-15(25)11-6-4-5-7-12(11)16(22)26/h4-7,10H,3,8-9H2,1-2H3. The van der Waals surface area contributed by atoms with Crippen LogP contribution in [-0.2, 0) is 14.3 Å². The largest absolute Gasteiger partial charge is 0.465 e. The molecule has 0 saturated heterocycles. The molecule has 0 N–H and O–H groups in total. The van der Waals surface area contributed by atoms with E-state index in [1.807, 2.05) is 0 Å². The lowest BCUT2D eigenvalue weighted by Gasteiger charge is -2.29. The maximum Gasteiger partial charge on any atom is 0.406 e. The second-order valence-electron chi connectivity index (χ2n) is 5.82. The third kappa shape index (κ3) is 4.44. The fourth-order valence-corrected chi connectivity index (χ4v) is 2.72. The van der Waals surface area contributed by atoms with E-state index in [0.29, 0.717) is 4.90 Å². The summed E-state index contributed by atoms with van der Waals surface area (Å²) in [6, 6.07) is 4.31. The van der Waals surface area contributed by atoms with E-state index in [1.165, 1.54) is 31.2 Å². The van der Waals surface area contributed by atoms with Gasteiger partial charge in [0.25, 0.3) is 11.8 Å². The zero-order chi connectivity index (χ0) is 20.4. The van der Waals surface area contributed by atoms with Crippen LogP contribution in [0.4, 0.5) is 13.2 Å². The van der Waals surface area contributed by atoms with Crippen LogP contribution in [-0.4, -0.2) is 65.4 Å². The minimum absolute atomic E-state index is 0.0647. The predicted molar refractivity (Wildman–Crippen MR) is 85.7 cm³/mol. The lowest BCUT2D eigenvalue weighted by molar-refractivity contribution is -0.168. The van der Waals surface area contributed by atoms with Crippen molar-refractivity contribution in [2.24, 2.45) is 0 Å². The number of hydrogen-bond acceptors (Lipinski definition) is 5. The van der Waals surface area contributed by atoms with Crippen LogP contribution in [0.15, 0.2) is 24.3 Å². The van der Waals surface area contributed by atoms with Crippen molar-refractivity contribution in [3.63, 3.8) is 0 Å². The molecular weight excluding hydrogens is 369 g/mol. The van der Waals surface area contributed by atoms with Gasteiger partial charge >= 0.3 is 12.1 Å². The van der Waals surface area contributed by atoms with Gasteiger partial charge in [-0.3, -0.25) is 24.1 Å². The Hall–Kier alpha value is -2.91. The number of alkyl halides is 3. The summed E-state index contributed by atoms with van der Waals surface area (Å²) in [7, 11) is 0. The Labute approximate surface area is 152 Å². The summed E-state index contributed by atoms with van der Waals surface area (Å²) >= 11 is 0. The van der Waals surface area contributed by atoms with Crippen molar-refractivity contribution >= 4 is 23.7 Å².